The maximum Gasteiger partial charge on any atom is 0.255 e. The van der Waals surface area contributed by atoms with Crippen LogP contribution in [0.4, 0.5) is 5.69 Å². The van der Waals surface area contributed by atoms with E-state index in [9.17, 15) is 4.79 Å². The molecule has 3 aromatic rings. The van der Waals surface area contributed by atoms with Crippen molar-refractivity contribution in [3.63, 3.8) is 0 Å². The van der Waals surface area contributed by atoms with Crippen LogP contribution in [0.2, 0.25) is 5.02 Å². The van der Waals surface area contributed by atoms with Crippen LogP contribution in [0.15, 0.2) is 55.0 Å². The van der Waals surface area contributed by atoms with E-state index in [-0.39, 0.29) is 5.91 Å². The van der Waals surface area contributed by atoms with Gasteiger partial charge in [0, 0.05) is 29.5 Å². The van der Waals surface area contributed by atoms with Gasteiger partial charge in [0.05, 0.1) is 16.2 Å². The van der Waals surface area contributed by atoms with Crippen LogP contribution in [-0.2, 0) is 0 Å². The summed E-state index contributed by atoms with van der Waals surface area (Å²) in [5.41, 5.74) is 1.84. The number of halogens is 1. The fourth-order valence-electron chi connectivity index (χ4n) is 1.94. The molecule has 0 unspecified atom stereocenters. The highest BCUT2D eigenvalue weighted by Crippen LogP contribution is 2.28. The number of nitrogens with one attached hydrogen (secondary N) is 1. The van der Waals surface area contributed by atoms with E-state index in [4.69, 9.17) is 11.6 Å². The highest BCUT2D eigenvalue weighted by Gasteiger charge is 2.10. The predicted molar refractivity (Wildman–Crippen MR) is 78.9 cm³/mol. The zero-order valence-electron chi connectivity index (χ0n) is 10.4. The highest BCUT2D eigenvalue weighted by atomic mass is 35.5. The van der Waals surface area contributed by atoms with Crippen molar-refractivity contribution in [2.24, 2.45) is 0 Å². The number of fused-ring (bicyclic) bond motifs is 1. The highest BCUT2D eigenvalue weighted by molar-refractivity contribution is 6.36. The maximum absolute atomic E-state index is 12.1. The van der Waals surface area contributed by atoms with Crippen molar-refractivity contribution in [3.05, 3.63) is 65.6 Å². The molecule has 0 spiro atoms. The first-order valence-electron chi connectivity index (χ1n) is 6.00. The SMILES string of the molecule is O=C(Nc1ccc(Cl)c2cccnc12)c1ccncc1. The summed E-state index contributed by atoms with van der Waals surface area (Å²) in [5, 5.41) is 4.25. The van der Waals surface area contributed by atoms with E-state index in [1.54, 1.807) is 42.9 Å². The van der Waals surface area contributed by atoms with Gasteiger partial charge >= 0.3 is 0 Å². The van der Waals surface area contributed by atoms with Crippen molar-refractivity contribution in [1.29, 1.82) is 0 Å². The summed E-state index contributed by atoms with van der Waals surface area (Å²) < 4.78 is 0. The number of amides is 1. The molecule has 0 aliphatic heterocycles. The smallest absolute Gasteiger partial charge is 0.255 e. The Labute approximate surface area is 120 Å². The summed E-state index contributed by atoms with van der Waals surface area (Å²) in [4.78, 5) is 20.3. The van der Waals surface area contributed by atoms with Crippen molar-refractivity contribution in [2.75, 3.05) is 5.32 Å². The largest absolute Gasteiger partial charge is 0.320 e. The third-order valence-electron chi connectivity index (χ3n) is 2.91. The van der Waals surface area contributed by atoms with E-state index in [0.29, 0.717) is 21.8 Å². The monoisotopic (exact) mass is 283 g/mol. The van der Waals surface area contributed by atoms with E-state index >= 15 is 0 Å². The average molecular weight is 284 g/mol. The van der Waals surface area contributed by atoms with Crippen molar-refractivity contribution in [2.45, 2.75) is 0 Å². The molecule has 2 aromatic heterocycles. The molecule has 0 saturated carbocycles. The maximum atomic E-state index is 12.1. The molecule has 0 fully saturated rings. The fraction of sp³-hybridized carbons (Fsp3) is 0. The molecule has 2 heterocycles. The Kier molecular flexibility index (Phi) is 3.31. The summed E-state index contributed by atoms with van der Waals surface area (Å²) in [6.45, 7) is 0. The van der Waals surface area contributed by atoms with Crippen LogP contribution in [0.5, 0.6) is 0 Å². The van der Waals surface area contributed by atoms with E-state index in [1.165, 1.54) is 0 Å². The van der Waals surface area contributed by atoms with Gasteiger partial charge in [-0.1, -0.05) is 11.6 Å². The second kappa shape index (κ2) is 5.27. The summed E-state index contributed by atoms with van der Waals surface area (Å²) in [6.07, 6.45) is 4.82. The number of aromatic nitrogens is 2. The number of carbonyl (C=O) groups is 1. The van der Waals surface area contributed by atoms with Gasteiger partial charge in [0.1, 0.15) is 0 Å². The van der Waals surface area contributed by atoms with Gasteiger partial charge in [-0.2, -0.15) is 0 Å². The lowest BCUT2D eigenvalue weighted by molar-refractivity contribution is 0.102. The second-order valence-corrected chi connectivity index (χ2v) is 4.59. The van der Waals surface area contributed by atoms with Gasteiger partial charge < -0.3 is 5.32 Å². The minimum atomic E-state index is -0.207. The number of hydrogen-bond acceptors (Lipinski definition) is 3. The molecule has 5 heteroatoms. The quantitative estimate of drug-likeness (QED) is 0.783. The van der Waals surface area contributed by atoms with Gasteiger partial charge in [-0.3, -0.25) is 14.8 Å². The van der Waals surface area contributed by atoms with Crippen LogP contribution < -0.4 is 5.32 Å². The lowest BCUT2D eigenvalue weighted by Gasteiger charge is -2.08. The van der Waals surface area contributed by atoms with Gasteiger partial charge in [-0.15, -0.1) is 0 Å². The predicted octanol–water partition coefficient (Wildman–Crippen LogP) is 3.54. The zero-order valence-corrected chi connectivity index (χ0v) is 11.1. The Balaban J connectivity index is 2.00. The molecule has 3 rings (SSSR count). The molecule has 0 atom stereocenters. The normalized spacial score (nSPS) is 10.4. The second-order valence-electron chi connectivity index (χ2n) is 4.18. The third kappa shape index (κ3) is 2.33. The summed E-state index contributed by atoms with van der Waals surface area (Å²) >= 11 is 6.12. The average Bonchev–Trinajstić information content (AvgIpc) is 2.51. The standard InChI is InChI=1S/C15H10ClN3O/c16-12-3-4-13(14-11(12)2-1-7-18-14)19-15(20)10-5-8-17-9-6-10/h1-9H,(H,19,20). The van der Waals surface area contributed by atoms with E-state index in [0.717, 1.165) is 5.39 Å². The number of benzene rings is 1. The van der Waals surface area contributed by atoms with Crippen molar-refractivity contribution in [1.82, 2.24) is 9.97 Å². The Bertz CT molecular complexity index is 774. The van der Waals surface area contributed by atoms with Crippen LogP contribution >= 0.6 is 11.6 Å². The molecule has 1 aromatic carbocycles. The van der Waals surface area contributed by atoms with Gasteiger partial charge in [0.2, 0.25) is 0 Å². The molecule has 4 nitrogen and oxygen atoms in total. The topological polar surface area (TPSA) is 54.9 Å². The van der Waals surface area contributed by atoms with Crippen LogP contribution in [-0.4, -0.2) is 15.9 Å². The lowest BCUT2D eigenvalue weighted by Crippen LogP contribution is -2.12. The summed E-state index contributed by atoms with van der Waals surface area (Å²) in [6, 6.07) is 10.5. The number of hydrogen-bond donors (Lipinski definition) is 1. The van der Waals surface area contributed by atoms with Gasteiger partial charge in [-0.25, -0.2) is 0 Å². The molecule has 0 bridgehead atoms. The molecular formula is C15H10ClN3O. The molecule has 0 aliphatic carbocycles. The third-order valence-corrected chi connectivity index (χ3v) is 3.24. The Morgan fingerprint density at radius 2 is 1.85 bits per heavy atom. The van der Waals surface area contributed by atoms with Crippen LogP contribution in [0.25, 0.3) is 10.9 Å². The molecule has 98 valence electrons. The Hall–Kier alpha value is -2.46. The minimum absolute atomic E-state index is 0.207. The number of nitrogens with zero attached hydrogens (tertiary/aromatic N) is 2. The van der Waals surface area contributed by atoms with Gasteiger partial charge in [-0.05, 0) is 36.4 Å². The first kappa shape index (κ1) is 12.6. The van der Waals surface area contributed by atoms with Gasteiger partial charge in [0.15, 0.2) is 0 Å². The fourth-order valence-corrected chi connectivity index (χ4v) is 2.15. The van der Waals surface area contributed by atoms with Gasteiger partial charge in [0.25, 0.3) is 5.91 Å². The van der Waals surface area contributed by atoms with E-state index < -0.39 is 0 Å². The number of rotatable bonds is 2. The lowest BCUT2D eigenvalue weighted by atomic mass is 10.1. The molecule has 0 saturated heterocycles. The first-order chi connectivity index (χ1) is 9.75. The minimum Gasteiger partial charge on any atom is -0.320 e. The van der Waals surface area contributed by atoms with Crippen molar-refractivity contribution >= 4 is 34.1 Å². The van der Waals surface area contributed by atoms with Crippen LogP contribution in [0, 0.1) is 0 Å². The zero-order chi connectivity index (χ0) is 13.9. The first-order valence-corrected chi connectivity index (χ1v) is 6.38. The van der Waals surface area contributed by atoms with E-state index in [2.05, 4.69) is 15.3 Å². The van der Waals surface area contributed by atoms with Crippen molar-refractivity contribution in [3.8, 4) is 0 Å². The molecule has 0 aliphatic rings. The van der Waals surface area contributed by atoms with Crippen molar-refractivity contribution < 1.29 is 4.79 Å². The Morgan fingerprint density at radius 1 is 1.05 bits per heavy atom. The molecule has 1 amide bonds. The molecule has 1 N–H and O–H groups in total. The molecular weight excluding hydrogens is 274 g/mol. The van der Waals surface area contributed by atoms with Crippen LogP contribution in [0.1, 0.15) is 10.4 Å². The van der Waals surface area contributed by atoms with E-state index in [1.807, 2.05) is 12.1 Å². The number of carbonyl (C=O) groups excluding carboxylic acids is 1. The Morgan fingerprint density at radius 3 is 2.65 bits per heavy atom. The van der Waals surface area contributed by atoms with Crippen LogP contribution in [0.3, 0.4) is 0 Å². The number of pyridine rings is 2. The molecule has 0 radical (unpaired) electrons. The molecule has 20 heavy (non-hydrogen) atoms. The number of anilines is 1. The summed E-state index contributed by atoms with van der Waals surface area (Å²) in [7, 11) is 0. The summed E-state index contributed by atoms with van der Waals surface area (Å²) in [5.74, 6) is -0.207.